The monoisotopic (exact) mass is 407 g/mol. The van der Waals surface area contributed by atoms with E-state index in [-0.39, 0.29) is 11.9 Å². The Morgan fingerprint density at radius 2 is 2.10 bits per heavy atom. The third kappa shape index (κ3) is 3.71. The second kappa shape index (κ2) is 7.63. The van der Waals surface area contributed by atoms with Crippen molar-refractivity contribution in [2.24, 2.45) is 0 Å². The summed E-state index contributed by atoms with van der Waals surface area (Å²) in [5, 5.41) is 9.94. The summed E-state index contributed by atoms with van der Waals surface area (Å²) in [5.41, 5.74) is 4.16. The first-order chi connectivity index (χ1) is 13.9. The van der Waals surface area contributed by atoms with Crippen molar-refractivity contribution in [1.29, 1.82) is 0 Å². The third-order valence-corrected chi connectivity index (χ3v) is 5.75. The average molecular weight is 407 g/mol. The Labute approximate surface area is 172 Å². The molecule has 0 radical (unpaired) electrons. The SMILES string of the molecule is Cc1cc(-n2c(C)cc(C(=O)NC(C)c3nc(-c4cccnc4)cs3)c2C)no1. The van der Waals surface area contributed by atoms with E-state index in [0.29, 0.717) is 11.4 Å². The fourth-order valence-corrected chi connectivity index (χ4v) is 4.11. The van der Waals surface area contributed by atoms with Crippen LogP contribution in [-0.4, -0.2) is 25.6 Å². The van der Waals surface area contributed by atoms with Gasteiger partial charge in [-0.05, 0) is 45.9 Å². The molecule has 0 spiro atoms. The van der Waals surface area contributed by atoms with Crippen LogP contribution in [0.3, 0.4) is 0 Å². The zero-order chi connectivity index (χ0) is 20.5. The van der Waals surface area contributed by atoms with E-state index in [0.717, 1.165) is 33.4 Å². The van der Waals surface area contributed by atoms with Crippen molar-refractivity contribution in [3.05, 3.63) is 69.8 Å². The lowest BCUT2D eigenvalue weighted by Gasteiger charge is -2.11. The number of aromatic nitrogens is 4. The van der Waals surface area contributed by atoms with Crippen molar-refractivity contribution in [3.8, 4) is 17.1 Å². The van der Waals surface area contributed by atoms with Gasteiger partial charge in [0.05, 0.1) is 17.3 Å². The summed E-state index contributed by atoms with van der Waals surface area (Å²) in [6.07, 6.45) is 3.51. The van der Waals surface area contributed by atoms with E-state index in [1.54, 1.807) is 12.4 Å². The molecule has 0 aliphatic carbocycles. The van der Waals surface area contributed by atoms with Gasteiger partial charge in [-0.3, -0.25) is 14.3 Å². The minimum absolute atomic E-state index is 0.143. The molecular weight excluding hydrogens is 386 g/mol. The van der Waals surface area contributed by atoms with E-state index >= 15 is 0 Å². The number of nitrogens with zero attached hydrogens (tertiary/aromatic N) is 4. The number of hydrogen-bond donors (Lipinski definition) is 1. The Balaban J connectivity index is 1.53. The van der Waals surface area contributed by atoms with Gasteiger partial charge in [-0.2, -0.15) is 0 Å². The molecule has 4 aromatic rings. The second-order valence-electron chi connectivity index (χ2n) is 6.92. The number of pyridine rings is 1. The summed E-state index contributed by atoms with van der Waals surface area (Å²) in [7, 11) is 0. The van der Waals surface area contributed by atoms with E-state index in [1.807, 2.05) is 61.9 Å². The highest BCUT2D eigenvalue weighted by Gasteiger charge is 2.21. The highest BCUT2D eigenvalue weighted by atomic mass is 32.1. The lowest BCUT2D eigenvalue weighted by atomic mass is 10.2. The minimum atomic E-state index is -0.213. The first kappa shape index (κ1) is 19.1. The summed E-state index contributed by atoms with van der Waals surface area (Å²) >= 11 is 1.52. The molecule has 0 saturated heterocycles. The van der Waals surface area contributed by atoms with E-state index < -0.39 is 0 Å². The predicted octanol–water partition coefficient (Wildman–Crippen LogP) is 4.40. The van der Waals surface area contributed by atoms with Crippen LogP contribution in [0.15, 0.2) is 46.6 Å². The molecule has 29 heavy (non-hydrogen) atoms. The van der Waals surface area contributed by atoms with E-state index in [9.17, 15) is 4.79 Å². The molecule has 0 fully saturated rings. The number of hydrogen-bond acceptors (Lipinski definition) is 6. The molecule has 1 amide bonds. The Morgan fingerprint density at radius 1 is 1.28 bits per heavy atom. The van der Waals surface area contributed by atoms with Crippen molar-refractivity contribution >= 4 is 17.2 Å². The maximum absolute atomic E-state index is 12.9. The summed E-state index contributed by atoms with van der Waals surface area (Å²) in [6.45, 7) is 7.62. The molecule has 1 atom stereocenters. The number of nitrogens with one attached hydrogen (secondary N) is 1. The van der Waals surface area contributed by atoms with Gasteiger partial charge in [-0.1, -0.05) is 5.16 Å². The minimum Gasteiger partial charge on any atom is -0.360 e. The molecule has 0 bridgehead atoms. The smallest absolute Gasteiger partial charge is 0.253 e. The van der Waals surface area contributed by atoms with Crippen LogP contribution in [0.1, 0.15) is 45.5 Å². The van der Waals surface area contributed by atoms with Crippen LogP contribution >= 0.6 is 11.3 Å². The molecule has 0 saturated carbocycles. The number of carbonyl (C=O) groups is 1. The molecule has 4 heterocycles. The normalized spacial score (nSPS) is 12.1. The summed E-state index contributed by atoms with van der Waals surface area (Å²) in [5.74, 6) is 1.25. The zero-order valence-electron chi connectivity index (χ0n) is 16.6. The predicted molar refractivity (Wildman–Crippen MR) is 111 cm³/mol. The lowest BCUT2D eigenvalue weighted by molar-refractivity contribution is 0.0939. The highest BCUT2D eigenvalue weighted by Crippen LogP contribution is 2.26. The Hall–Kier alpha value is -3.26. The number of carbonyl (C=O) groups excluding carboxylic acids is 1. The maximum Gasteiger partial charge on any atom is 0.253 e. The van der Waals surface area contributed by atoms with Gasteiger partial charge in [0.15, 0.2) is 5.82 Å². The Bertz CT molecular complexity index is 1160. The topological polar surface area (TPSA) is 85.8 Å². The van der Waals surface area contributed by atoms with Crippen LogP contribution in [-0.2, 0) is 0 Å². The van der Waals surface area contributed by atoms with Crippen molar-refractivity contribution in [1.82, 2.24) is 25.0 Å². The zero-order valence-corrected chi connectivity index (χ0v) is 17.4. The number of aryl methyl sites for hydroxylation is 2. The molecule has 0 aromatic carbocycles. The first-order valence-electron chi connectivity index (χ1n) is 9.23. The van der Waals surface area contributed by atoms with Gasteiger partial charge in [0.2, 0.25) is 0 Å². The number of thiazole rings is 1. The molecule has 148 valence electrons. The van der Waals surface area contributed by atoms with E-state index in [2.05, 4.69) is 20.4 Å². The van der Waals surface area contributed by atoms with Crippen molar-refractivity contribution in [2.45, 2.75) is 33.7 Å². The quantitative estimate of drug-likeness (QED) is 0.530. The van der Waals surface area contributed by atoms with Crippen molar-refractivity contribution < 1.29 is 9.32 Å². The molecule has 4 rings (SSSR count). The van der Waals surface area contributed by atoms with Crippen molar-refractivity contribution in [2.75, 3.05) is 0 Å². The van der Waals surface area contributed by atoms with Gasteiger partial charge < -0.3 is 9.84 Å². The summed E-state index contributed by atoms with van der Waals surface area (Å²) < 4.78 is 7.09. The Kier molecular flexibility index (Phi) is 5.02. The van der Waals surface area contributed by atoms with E-state index in [4.69, 9.17) is 4.52 Å². The maximum atomic E-state index is 12.9. The largest absolute Gasteiger partial charge is 0.360 e. The molecule has 0 aliphatic rings. The van der Waals surface area contributed by atoms with Gasteiger partial charge in [0.1, 0.15) is 10.8 Å². The molecule has 8 heteroatoms. The summed E-state index contributed by atoms with van der Waals surface area (Å²) in [4.78, 5) is 21.7. The fraction of sp³-hybridized carbons (Fsp3) is 0.238. The number of amides is 1. The van der Waals surface area contributed by atoms with Gasteiger partial charge in [0.25, 0.3) is 5.91 Å². The molecule has 1 N–H and O–H groups in total. The molecule has 1 unspecified atom stereocenters. The van der Waals surface area contributed by atoms with Gasteiger partial charge in [-0.15, -0.1) is 11.3 Å². The van der Waals surface area contributed by atoms with Crippen molar-refractivity contribution in [3.63, 3.8) is 0 Å². The Morgan fingerprint density at radius 3 is 2.79 bits per heavy atom. The van der Waals surface area contributed by atoms with Crippen LogP contribution in [0.5, 0.6) is 0 Å². The molecule has 0 aliphatic heterocycles. The molecule has 7 nitrogen and oxygen atoms in total. The summed E-state index contributed by atoms with van der Waals surface area (Å²) in [6, 6.07) is 7.35. The van der Waals surface area contributed by atoms with E-state index in [1.165, 1.54) is 11.3 Å². The van der Waals surface area contributed by atoms with Crippen LogP contribution in [0.2, 0.25) is 0 Å². The number of rotatable bonds is 5. The van der Waals surface area contributed by atoms with Gasteiger partial charge in [-0.25, -0.2) is 4.98 Å². The van der Waals surface area contributed by atoms with Crippen LogP contribution < -0.4 is 5.32 Å². The standard InChI is InChI=1S/C21H21N5O2S/c1-12-8-17(15(4)26(12)19-9-13(2)28-25-19)20(27)23-14(3)21-24-18(11-29-21)16-6-5-7-22-10-16/h5-11,14H,1-4H3,(H,23,27). The van der Waals surface area contributed by atoms with Crippen LogP contribution in [0.25, 0.3) is 17.1 Å². The molecule has 4 aromatic heterocycles. The fourth-order valence-electron chi connectivity index (χ4n) is 3.27. The molecular formula is C21H21N5O2S. The lowest BCUT2D eigenvalue weighted by Crippen LogP contribution is -2.27. The second-order valence-corrected chi connectivity index (χ2v) is 7.81. The average Bonchev–Trinajstić information content (AvgIpc) is 3.42. The third-order valence-electron chi connectivity index (χ3n) is 4.72. The van der Waals surface area contributed by atoms with Crippen LogP contribution in [0, 0.1) is 20.8 Å². The van der Waals surface area contributed by atoms with Crippen LogP contribution in [0.4, 0.5) is 0 Å². The first-order valence-corrected chi connectivity index (χ1v) is 10.1. The van der Waals surface area contributed by atoms with Gasteiger partial charge >= 0.3 is 0 Å². The highest BCUT2D eigenvalue weighted by molar-refractivity contribution is 7.10. The van der Waals surface area contributed by atoms with Gasteiger partial charge in [0, 0.05) is 40.8 Å².